The van der Waals surface area contributed by atoms with Gasteiger partial charge in [0.15, 0.2) is 6.61 Å². The zero-order chi connectivity index (χ0) is 18.4. The Bertz CT molecular complexity index is 750. The van der Waals surface area contributed by atoms with Crippen LogP contribution in [0.5, 0.6) is 5.75 Å². The second-order valence-corrected chi connectivity index (χ2v) is 7.56. The van der Waals surface area contributed by atoms with E-state index < -0.39 is 11.8 Å². The zero-order valence-corrected chi connectivity index (χ0v) is 15.7. The second kappa shape index (κ2) is 8.11. The quantitative estimate of drug-likeness (QED) is 0.803. The number of hydrogen-bond acceptors (Lipinski definition) is 5. The van der Waals surface area contributed by atoms with Gasteiger partial charge in [-0.15, -0.1) is 11.3 Å². The summed E-state index contributed by atoms with van der Waals surface area (Å²) >= 11 is 1.31. The van der Waals surface area contributed by atoms with Gasteiger partial charge in [-0.3, -0.25) is 20.4 Å². The molecule has 7 heteroatoms. The lowest BCUT2D eigenvalue weighted by atomic mass is 9.98. The molecule has 2 N–H and O–H groups in total. The Morgan fingerprint density at radius 3 is 2.56 bits per heavy atom. The maximum absolute atomic E-state index is 12.1. The third-order valence-corrected chi connectivity index (χ3v) is 4.82. The molecule has 0 aliphatic rings. The predicted molar refractivity (Wildman–Crippen MR) is 97.7 cm³/mol. The maximum atomic E-state index is 12.1. The highest BCUT2D eigenvalue weighted by molar-refractivity contribution is 7.13. The minimum Gasteiger partial charge on any atom is -0.483 e. The summed E-state index contributed by atoms with van der Waals surface area (Å²) in [6, 6.07) is 7.54. The van der Waals surface area contributed by atoms with Gasteiger partial charge in [-0.1, -0.05) is 45.9 Å². The van der Waals surface area contributed by atoms with Crippen LogP contribution in [-0.2, 0) is 16.6 Å². The molecule has 6 nitrogen and oxygen atoms in total. The van der Waals surface area contributed by atoms with Crippen LogP contribution in [0.15, 0.2) is 30.5 Å². The van der Waals surface area contributed by atoms with E-state index in [0.29, 0.717) is 10.6 Å². The number of para-hydroxylation sites is 1. The van der Waals surface area contributed by atoms with Gasteiger partial charge in [0.25, 0.3) is 11.8 Å². The topological polar surface area (TPSA) is 80.3 Å². The van der Waals surface area contributed by atoms with Gasteiger partial charge >= 0.3 is 0 Å². The standard InChI is InChI=1S/C18H23N3O3S/c1-5-12-8-6-7-9-13(12)24-11-15(22)20-21-16(23)14-10-19-17(25-14)18(2,3)4/h6-10H,5,11H2,1-4H3,(H,20,22)(H,21,23). The van der Waals surface area contributed by atoms with Gasteiger partial charge in [-0.2, -0.15) is 0 Å². The van der Waals surface area contributed by atoms with Crippen molar-refractivity contribution in [3.8, 4) is 5.75 Å². The molecule has 0 atom stereocenters. The fourth-order valence-electron chi connectivity index (χ4n) is 2.03. The molecule has 0 saturated carbocycles. The summed E-state index contributed by atoms with van der Waals surface area (Å²) in [5, 5.41) is 0.864. The Hall–Kier alpha value is -2.41. The van der Waals surface area contributed by atoms with Crippen molar-refractivity contribution in [3.05, 3.63) is 45.9 Å². The van der Waals surface area contributed by atoms with E-state index in [1.807, 2.05) is 52.0 Å². The number of thiazole rings is 1. The van der Waals surface area contributed by atoms with Crippen LogP contribution < -0.4 is 15.6 Å². The molecule has 0 spiro atoms. The number of nitrogens with one attached hydrogen (secondary N) is 2. The number of benzene rings is 1. The van der Waals surface area contributed by atoms with E-state index in [1.54, 1.807) is 0 Å². The lowest BCUT2D eigenvalue weighted by molar-refractivity contribution is -0.123. The fourth-order valence-corrected chi connectivity index (χ4v) is 2.90. The molecule has 1 heterocycles. The summed E-state index contributed by atoms with van der Waals surface area (Å²) in [7, 11) is 0. The van der Waals surface area contributed by atoms with Crippen LogP contribution in [0.3, 0.4) is 0 Å². The average Bonchev–Trinajstić information content (AvgIpc) is 3.08. The number of ether oxygens (including phenoxy) is 1. The van der Waals surface area contributed by atoms with Gasteiger partial charge in [0, 0.05) is 5.41 Å². The summed E-state index contributed by atoms with van der Waals surface area (Å²) in [4.78, 5) is 28.6. The number of carbonyl (C=O) groups excluding carboxylic acids is 2. The summed E-state index contributed by atoms with van der Waals surface area (Å²) in [5.74, 6) is -0.154. The van der Waals surface area contributed by atoms with Gasteiger partial charge in [0.05, 0.1) is 11.2 Å². The third-order valence-electron chi connectivity index (χ3n) is 3.40. The molecule has 1 aromatic carbocycles. The van der Waals surface area contributed by atoms with Crippen LogP contribution in [0.1, 0.15) is 47.9 Å². The first-order valence-electron chi connectivity index (χ1n) is 8.07. The Balaban J connectivity index is 1.83. The maximum Gasteiger partial charge on any atom is 0.281 e. The van der Waals surface area contributed by atoms with Gasteiger partial charge in [-0.05, 0) is 18.1 Å². The van der Waals surface area contributed by atoms with E-state index >= 15 is 0 Å². The third kappa shape index (κ3) is 5.29. The molecular weight excluding hydrogens is 338 g/mol. The number of rotatable bonds is 5. The van der Waals surface area contributed by atoms with Crippen molar-refractivity contribution in [1.82, 2.24) is 15.8 Å². The molecule has 134 valence electrons. The molecule has 0 fully saturated rings. The van der Waals surface area contributed by atoms with Crippen LogP contribution in [0.4, 0.5) is 0 Å². The highest BCUT2D eigenvalue weighted by Gasteiger charge is 2.20. The molecule has 2 rings (SSSR count). The van der Waals surface area contributed by atoms with E-state index in [4.69, 9.17) is 4.74 Å². The van der Waals surface area contributed by atoms with Crippen molar-refractivity contribution in [2.24, 2.45) is 0 Å². The molecule has 0 aliphatic heterocycles. The number of aromatic nitrogens is 1. The van der Waals surface area contributed by atoms with Crippen LogP contribution >= 0.6 is 11.3 Å². The lowest BCUT2D eigenvalue weighted by Gasteiger charge is -2.13. The smallest absolute Gasteiger partial charge is 0.281 e. The molecule has 25 heavy (non-hydrogen) atoms. The van der Waals surface area contributed by atoms with Crippen LogP contribution in [0.25, 0.3) is 0 Å². The minimum absolute atomic E-state index is 0.118. The molecule has 0 unspecified atom stereocenters. The Morgan fingerprint density at radius 1 is 1.20 bits per heavy atom. The monoisotopic (exact) mass is 361 g/mol. The first-order valence-corrected chi connectivity index (χ1v) is 8.89. The van der Waals surface area contributed by atoms with E-state index in [2.05, 4.69) is 15.8 Å². The van der Waals surface area contributed by atoms with Gasteiger partial charge in [0.2, 0.25) is 0 Å². The van der Waals surface area contributed by atoms with Crippen molar-refractivity contribution in [1.29, 1.82) is 0 Å². The van der Waals surface area contributed by atoms with Gasteiger partial charge in [-0.25, -0.2) is 4.98 Å². The molecular formula is C18H23N3O3S. The number of hydrazine groups is 1. The highest BCUT2D eigenvalue weighted by atomic mass is 32.1. The van der Waals surface area contributed by atoms with Gasteiger partial charge in [0.1, 0.15) is 10.6 Å². The van der Waals surface area contributed by atoms with E-state index in [9.17, 15) is 9.59 Å². The number of nitrogens with zero attached hydrogens (tertiary/aromatic N) is 1. The van der Waals surface area contributed by atoms with Crippen LogP contribution in [0, 0.1) is 0 Å². The second-order valence-electron chi connectivity index (χ2n) is 6.53. The number of aryl methyl sites for hydroxylation is 1. The van der Waals surface area contributed by atoms with Crippen LogP contribution in [-0.4, -0.2) is 23.4 Å². The summed E-state index contributed by atoms with van der Waals surface area (Å²) in [6.07, 6.45) is 2.33. The number of hydrogen-bond donors (Lipinski definition) is 2. The summed E-state index contributed by atoms with van der Waals surface area (Å²) in [6.45, 7) is 7.93. The Kier molecular flexibility index (Phi) is 6.14. The van der Waals surface area contributed by atoms with Crippen LogP contribution in [0.2, 0.25) is 0 Å². The molecule has 2 aromatic rings. The highest BCUT2D eigenvalue weighted by Crippen LogP contribution is 2.26. The zero-order valence-electron chi connectivity index (χ0n) is 14.9. The van der Waals surface area contributed by atoms with Crippen molar-refractivity contribution in [3.63, 3.8) is 0 Å². The van der Waals surface area contributed by atoms with E-state index in [-0.39, 0.29) is 12.0 Å². The first-order chi connectivity index (χ1) is 11.8. The van der Waals surface area contributed by atoms with E-state index in [0.717, 1.165) is 17.0 Å². The summed E-state index contributed by atoms with van der Waals surface area (Å²) in [5.41, 5.74) is 5.64. The largest absolute Gasteiger partial charge is 0.483 e. The Labute approximate surface area is 151 Å². The fraction of sp³-hybridized carbons (Fsp3) is 0.389. The lowest BCUT2D eigenvalue weighted by Crippen LogP contribution is -2.43. The van der Waals surface area contributed by atoms with Crippen molar-refractivity contribution >= 4 is 23.2 Å². The normalized spacial score (nSPS) is 11.0. The average molecular weight is 361 g/mol. The molecule has 0 aliphatic carbocycles. The number of carbonyl (C=O) groups is 2. The minimum atomic E-state index is -0.431. The molecule has 0 saturated heterocycles. The molecule has 0 radical (unpaired) electrons. The van der Waals surface area contributed by atoms with Crippen molar-refractivity contribution in [2.45, 2.75) is 39.5 Å². The summed E-state index contributed by atoms with van der Waals surface area (Å²) < 4.78 is 5.50. The van der Waals surface area contributed by atoms with E-state index in [1.165, 1.54) is 17.5 Å². The predicted octanol–water partition coefficient (Wildman–Crippen LogP) is 2.84. The van der Waals surface area contributed by atoms with Crippen molar-refractivity contribution < 1.29 is 14.3 Å². The molecule has 1 aromatic heterocycles. The number of amides is 2. The molecule has 2 amide bonds. The first kappa shape index (κ1) is 18.9. The van der Waals surface area contributed by atoms with Crippen molar-refractivity contribution in [2.75, 3.05) is 6.61 Å². The van der Waals surface area contributed by atoms with Gasteiger partial charge < -0.3 is 4.74 Å². The SMILES string of the molecule is CCc1ccccc1OCC(=O)NNC(=O)c1cnc(C(C)(C)C)s1. The Morgan fingerprint density at radius 2 is 1.92 bits per heavy atom. The molecule has 0 bridgehead atoms.